The fraction of sp³-hybridized carbons (Fsp3) is 0.517. The summed E-state index contributed by atoms with van der Waals surface area (Å²) in [6.07, 6.45) is 4.45. The highest BCUT2D eigenvalue weighted by molar-refractivity contribution is 6.27. The van der Waals surface area contributed by atoms with Gasteiger partial charge in [0, 0.05) is 12.6 Å². The molecular weight excluding hydrogens is 508 g/mol. The number of nitrogens with one attached hydrogen (secondary N) is 1. The summed E-state index contributed by atoms with van der Waals surface area (Å²) in [4.78, 5) is 28.6. The zero-order valence-electron chi connectivity index (χ0n) is 22.9. The molecule has 2 amide bonds. The highest BCUT2D eigenvalue weighted by Crippen LogP contribution is 2.34. The first-order valence-corrected chi connectivity index (χ1v) is 13.5. The largest absolute Gasteiger partial charge is 0.493 e. The van der Waals surface area contributed by atoms with Crippen LogP contribution >= 0.6 is 11.6 Å². The Morgan fingerprint density at radius 1 is 0.895 bits per heavy atom. The molecule has 0 bridgehead atoms. The van der Waals surface area contributed by atoms with Crippen LogP contribution in [0.25, 0.3) is 0 Å². The van der Waals surface area contributed by atoms with Crippen LogP contribution in [0.3, 0.4) is 0 Å². The highest BCUT2D eigenvalue weighted by Gasteiger charge is 2.33. The van der Waals surface area contributed by atoms with Gasteiger partial charge < -0.3 is 29.2 Å². The molecule has 0 aromatic heterocycles. The number of alkyl halides is 1. The summed E-state index contributed by atoms with van der Waals surface area (Å²) >= 11 is 6.06. The van der Waals surface area contributed by atoms with E-state index in [2.05, 4.69) is 12.2 Å². The Morgan fingerprint density at radius 3 is 2.05 bits per heavy atom. The number of benzene rings is 2. The number of hydrogen-bond acceptors (Lipinski definition) is 6. The standard InChI is InChI=1S/C29H39ClN2O6/c1-19-6-10-22(11-7-19)31-29(34)28(21-9-13-24(36-3)26(17-21)38-5)32(27(33)18-30)15-14-20-8-12-23(35-2)25(16-20)37-4/h8-9,12-13,16-17,19,22,28H,6-7,10-11,14-15,18H2,1-5H3,(H,31,34)/t19?,22?,28-/m1/s1. The fourth-order valence-electron chi connectivity index (χ4n) is 4.94. The van der Waals surface area contributed by atoms with Crippen LogP contribution in [-0.4, -0.2) is 63.6 Å². The van der Waals surface area contributed by atoms with Crippen molar-refractivity contribution in [2.45, 2.75) is 51.1 Å². The van der Waals surface area contributed by atoms with Gasteiger partial charge in [-0.05, 0) is 73.4 Å². The van der Waals surface area contributed by atoms with Crippen molar-refractivity contribution < 1.29 is 28.5 Å². The van der Waals surface area contributed by atoms with Gasteiger partial charge in [0.15, 0.2) is 23.0 Å². The van der Waals surface area contributed by atoms with Crippen LogP contribution < -0.4 is 24.3 Å². The van der Waals surface area contributed by atoms with Crippen LogP contribution in [0.2, 0.25) is 0 Å². The van der Waals surface area contributed by atoms with E-state index >= 15 is 0 Å². The third kappa shape index (κ3) is 7.25. The van der Waals surface area contributed by atoms with Gasteiger partial charge in [-0.1, -0.05) is 19.1 Å². The summed E-state index contributed by atoms with van der Waals surface area (Å²) in [6.45, 7) is 2.51. The van der Waals surface area contributed by atoms with Crippen molar-refractivity contribution >= 4 is 23.4 Å². The van der Waals surface area contributed by atoms with Crippen molar-refractivity contribution in [1.82, 2.24) is 10.2 Å². The normalized spacial score (nSPS) is 17.7. The molecule has 3 rings (SSSR count). The number of nitrogens with zero attached hydrogens (tertiary/aromatic N) is 1. The van der Waals surface area contributed by atoms with Gasteiger partial charge in [0.2, 0.25) is 11.8 Å². The predicted molar refractivity (Wildman–Crippen MR) is 148 cm³/mol. The first kappa shape index (κ1) is 29.4. The molecule has 1 N–H and O–H groups in total. The summed E-state index contributed by atoms with van der Waals surface area (Å²) in [5.74, 6) is 2.08. The van der Waals surface area contributed by atoms with E-state index in [0.29, 0.717) is 40.9 Å². The van der Waals surface area contributed by atoms with E-state index in [1.807, 2.05) is 18.2 Å². The molecule has 0 aliphatic heterocycles. The van der Waals surface area contributed by atoms with Crippen LogP contribution in [0, 0.1) is 5.92 Å². The molecule has 9 heteroatoms. The van der Waals surface area contributed by atoms with Crippen molar-refractivity contribution in [3.8, 4) is 23.0 Å². The van der Waals surface area contributed by atoms with Crippen molar-refractivity contribution in [2.24, 2.45) is 5.92 Å². The lowest BCUT2D eigenvalue weighted by Gasteiger charge is -2.34. The Kier molecular flexibility index (Phi) is 11.0. The molecule has 1 saturated carbocycles. The van der Waals surface area contributed by atoms with Gasteiger partial charge >= 0.3 is 0 Å². The van der Waals surface area contributed by atoms with E-state index in [-0.39, 0.29) is 30.3 Å². The van der Waals surface area contributed by atoms with Crippen molar-refractivity contribution in [2.75, 3.05) is 40.9 Å². The number of methoxy groups -OCH3 is 4. The molecular formula is C29H39ClN2O6. The lowest BCUT2D eigenvalue weighted by molar-refractivity contribution is -0.139. The van der Waals surface area contributed by atoms with Gasteiger partial charge in [-0.2, -0.15) is 0 Å². The van der Waals surface area contributed by atoms with E-state index in [1.54, 1.807) is 51.5 Å². The van der Waals surface area contributed by atoms with Gasteiger partial charge in [0.05, 0.1) is 28.4 Å². The van der Waals surface area contributed by atoms with Gasteiger partial charge in [-0.15, -0.1) is 11.6 Å². The first-order chi connectivity index (χ1) is 18.3. The average molecular weight is 547 g/mol. The minimum absolute atomic E-state index is 0.0696. The van der Waals surface area contributed by atoms with Crippen LogP contribution in [0.15, 0.2) is 36.4 Å². The predicted octanol–water partition coefficient (Wildman–Crippen LogP) is 4.77. The average Bonchev–Trinajstić information content (AvgIpc) is 2.95. The van der Waals surface area contributed by atoms with E-state index < -0.39 is 6.04 Å². The lowest BCUT2D eigenvalue weighted by Crippen LogP contribution is -2.48. The molecule has 208 valence electrons. The first-order valence-electron chi connectivity index (χ1n) is 12.9. The zero-order valence-corrected chi connectivity index (χ0v) is 23.7. The third-order valence-corrected chi connectivity index (χ3v) is 7.40. The molecule has 0 spiro atoms. The maximum Gasteiger partial charge on any atom is 0.247 e. The lowest BCUT2D eigenvalue weighted by atomic mass is 9.87. The summed E-state index contributed by atoms with van der Waals surface area (Å²) in [6, 6.07) is 10.1. The summed E-state index contributed by atoms with van der Waals surface area (Å²) in [7, 11) is 6.25. The molecule has 1 atom stereocenters. The Hall–Kier alpha value is -3.13. The fourth-order valence-corrected chi connectivity index (χ4v) is 5.09. The third-order valence-electron chi connectivity index (χ3n) is 7.17. The number of hydrogen-bond donors (Lipinski definition) is 1. The van der Waals surface area contributed by atoms with Crippen LogP contribution in [-0.2, 0) is 16.0 Å². The Bertz CT molecular complexity index is 1090. The second-order valence-electron chi connectivity index (χ2n) is 9.64. The molecule has 38 heavy (non-hydrogen) atoms. The second-order valence-corrected chi connectivity index (χ2v) is 9.91. The number of ether oxygens (including phenoxy) is 4. The molecule has 0 saturated heterocycles. The number of halogens is 1. The van der Waals surface area contributed by atoms with Gasteiger partial charge in [0.25, 0.3) is 0 Å². The Morgan fingerprint density at radius 2 is 1.47 bits per heavy atom. The van der Waals surface area contributed by atoms with Crippen molar-refractivity contribution in [1.29, 1.82) is 0 Å². The minimum atomic E-state index is -0.888. The van der Waals surface area contributed by atoms with Gasteiger partial charge in [-0.25, -0.2) is 0 Å². The molecule has 2 aromatic carbocycles. The highest BCUT2D eigenvalue weighted by atomic mass is 35.5. The van der Waals surface area contributed by atoms with E-state index in [4.69, 9.17) is 30.5 Å². The topological polar surface area (TPSA) is 86.3 Å². The number of carbonyl (C=O) groups is 2. The monoisotopic (exact) mass is 546 g/mol. The molecule has 0 radical (unpaired) electrons. The maximum atomic E-state index is 13.8. The number of amides is 2. The van der Waals surface area contributed by atoms with E-state index in [1.165, 1.54) is 0 Å². The van der Waals surface area contributed by atoms with Crippen molar-refractivity contribution in [3.05, 3.63) is 47.5 Å². The van der Waals surface area contributed by atoms with Crippen LogP contribution in [0.4, 0.5) is 0 Å². The quantitative estimate of drug-likeness (QED) is 0.386. The van der Waals surface area contributed by atoms with Crippen LogP contribution in [0.1, 0.15) is 49.8 Å². The summed E-state index contributed by atoms with van der Waals surface area (Å²) in [5, 5.41) is 3.21. The molecule has 0 heterocycles. The molecule has 1 aliphatic rings. The second kappa shape index (κ2) is 14.1. The Labute approximate surface area is 230 Å². The van der Waals surface area contributed by atoms with Gasteiger partial charge in [0.1, 0.15) is 11.9 Å². The van der Waals surface area contributed by atoms with E-state index in [9.17, 15) is 9.59 Å². The molecule has 8 nitrogen and oxygen atoms in total. The molecule has 0 unspecified atom stereocenters. The SMILES string of the molecule is COc1ccc(CCN(C(=O)CCl)[C@@H](C(=O)NC2CCC(C)CC2)c2ccc(OC)c(OC)c2)cc1OC. The molecule has 1 aliphatic carbocycles. The zero-order chi connectivity index (χ0) is 27.7. The molecule has 1 fully saturated rings. The van der Waals surface area contributed by atoms with Crippen molar-refractivity contribution in [3.63, 3.8) is 0 Å². The smallest absolute Gasteiger partial charge is 0.247 e. The minimum Gasteiger partial charge on any atom is -0.493 e. The van der Waals surface area contributed by atoms with Gasteiger partial charge in [-0.3, -0.25) is 9.59 Å². The van der Waals surface area contributed by atoms with E-state index in [0.717, 1.165) is 31.2 Å². The Balaban J connectivity index is 1.95. The summed E-state index contributed by atoms with van der Waals surface area (Å²) in [5.41, 5.74) is 1.55. The number of carbonyl (C=O) groups excluding carboxylic acids is 2. The number of rotatable bonds is 12. The molecule has 2 aromatic rings. The maximum absolute atomic E-state index is 13.8. The summed E-state index contributed by atoms with van der Waals surface area (Å²) < 4.78 is 21.7. The van der Waals surface area contributed by atoms with Crippen LogP contribution in [0.5, 0.6) is 23.0 Å².